The molecule has 9 heteroatoms. The molecule has 0 aliphatic heterocycles. The Labute approximate surface area is 322 Å². The number of carbonyl (C=O) groups is 1. The van der Waals surface area contributed by atoms with E-state index in [0.29, 0.717) is 17.4 Å². The first-order chi connectivity index (χ1) is 25.0. The van der Waals surface area contributed by atoms with Crippen molar-refractivity contribution in [3.63, 3.8) is 0 Å². The van der Waals surface area contributed by atoms with Gasteiger partial charge in [-0.3, -0.25) is 9.36 Å². The van der Waals surface area contributed by atoms with E-state index >= 15 is 0 Å². The highest BCUT2D eigenvalue weighted by Crippen LogP contribution is 2.38. The highest BCUT2D eigenvalue weighted by Gasteiger charge is 2.23. The van der Waals surface area contributed by atoms with Crippen molar-refractivity contribution < 1.29 is 32.9 Å². The zero-order chi connectivity index (χ0) is 38.6. The molecule has 0 rings (SSSR count). The largest absolute Gasteiger partial charge is 0.756 e. The Morgan fingerprint density at radius 2 is 1.06 bits per heavy atom. The van der Waals surface area contributed by atoms with Gasteiger partial charge in [0.1, 0.15) is 13.2 Å². The first-order valence-electron chi connectivity index (χ1n) is 21.7. The molecule has 3 atom stereocenters. The topological polar surface area (TPSA) is 108 Å². The Kier molecular flexibility index (Phi) is 35.0. The van der Waals surface area contributed by atoms with Crippen molar-refractivity contribution in [2.45, 2.75) is 206 Å². The van der Waals surface area contributed by atoms with E-state index in [9.17, 15) is 19.4 Å². The number of aliphatic hydroxyl groups excluding tert-OH is 1. The molecule has 2 N–H and O–H groups in total. The molecule has 52 heavy (non-hydrogen) atoms. The number of carbonyl (C=O) groups excluding carboxylic acids is 1. The van der Waals surface area contributed by atoms with Crippen LogP contribution in [0.15, 0.2) is 24.3 Å². The van der Waals surface area contributed by atoms with Crippen LogP contribution >= 0.6 is 7.82 Å². The smallest absolute Gasteiger partial charge is 0.268 e. The third-order valence-corrected chi connectivity index (χ3v) is 10.6. The fourth-order valence-corrected chi connectivity index (χ4v) is 6.87. The quantitative estimate of drug-likeness (QED) is 0.0280. The molecule has 0 aromatic carbocycles. The number of hydrogen-bond acceptors (Lipinski definition) is 6. The van der Waals surface area contributed by atoms with Gasteiger partial charge in [-0.05, 0) is 44.9 Å². The summed E-state index contributed by atoms with van der Waals surface area (Å²) in [5.41, 5.74) is 0. The average molecular weight is 757 g/mol. The Hall–Kier alpha value is -1.02. The van der Waals surface area contributed by atoms with Crippen LogP contribution < -0.4 is 10.2 Å². The van der Waals surface area contributed by atoms with Crippen LogP contribution in [0.25, 0.3) is 0 Å². The second-order valence-corrected chi connectivity index (χ2v) is 17.5. The number of amides is 1. The van der Waals surface area contributed by atoms with Gasteiger partial charge >= 0.3 is 0 Å². The van der Waals surface area contributed by atoms with E-state index in [2.05, 4.69) is 31.3 Å². The third kappa shape index (κ3) is 37.3. The number of phosphoric acid groups is 1. The van der Waals surface area contributed by atoms with Gasteiger partial charge in [0.05, 0.1) is 39.9 Å². The first kappa shape index (κ1) is 51.0. The van der Waals surface area contributed by atoms with Crippen molar-refractivity contribution >= 4 is 13.7 Å². The lowest BCUT2D eigenvalue weighted by Gasteiger charge is -2.29. The molecule has 3 unspecified atom stereocenters. The number of nitrogens with one attached hydrogen (secondary N) is 1. The van der Waals surface area contributed by atoms with Gasteiger partial charge in [-0.15, -0.1) is 0 Å². The summed E-state index contributed by atoms with van der Waals surface area (Å²) in [6.45, 7) is 4.61. The van der Waals surface area contributed by atoms with E-state index in [1.807, 2.05) is 27.2 Å². The zero-order valence-corrected chi connectivity index (χ0v) is 35.7. The summed E-state index contributed by atoms with van der Waals surface area (Å²) >= 11 is 0. The van der Waals surface area contributed by atoms with Crippen LogP contribution in [0.2, 0.25) is 0 Å². The molecule has 0 spiro atoms. The van der Waals surface area contributed by atoms with Crippen molar-refractivity contribution in [1.82, 2.24) is 5.32 Å². The predicted molar refractivity (Wildman–Crippen MR) is 219 cm³/mol. The summed E-state index contributed by atoms with van der Waals surface area (Å²) in [6, 6.07) is -0.882. The Morgan fingerprint density at radius 3 is 1.50 bits per heavy atom. The van der Waals surface area contributed by atoms with Gasteiger partial charge in [-0.1, -0.05) is 167 Å². The highest BCUT2D eigenvalue weighted by molar-refractivity contribution is 7.45. The summed E-state index contributed by atoms with van der Waals surface area (Å²) in [7, 11) is 1.26. The van der Waals surface area contributed by atoms with E-state index in [0.717, 1.165) is 38.5 Å². The van der Waals surface area contributed by atoms with E-state index in [1.165, 1.54) is 135 Å². The molecule has 0 fully saturated rings. The van der Waals surface area contributed by atoms with Crippen molar-refractivity contribution in [2.24, 2.45) is 0 Å². The van der Waals surface area contributed by atoms with Gasteiger partial charge in [0, 0.05) is 6.42 Å². The maximum Gasteiger partial charge on any atom is 0.268 e. The van der Waals surface area contributed by atoms with Crippen LogP contribution in [0.3, 0.4) is 0 Å². The molecule has 0 saturated heterocycles. The van der Waals surface area contributed by atoms with Gasteiger partial charge in [-0.25, -0.2) is 0 Å². The third-order valence-electron chi connectivity index (χ3n) is 9.66. The normalized spacial score (nSPS) is 14.7. The van der Waals surface area contributed by atoms with Crippen molar-refractivity contribution in [3.8, 4) is 0 Å². The molecule has 0 aromatic heterocycles. The number of unbranched alkanes of at least 4 members (excludes halogenated alkanes) is 24. The van der Waals surface area contributed by atoms with E-state index in [1.54, 1.807) is 6.08 Å². The summed E-state index contributed by atoms with van der Waals surface area (Å²) in [5.74, 6) is -0.202. The fraction of sp³-hybridized carbons (Fsp3) is 0.884. The van der Waals surface area contributed by atoms with Crippen LogP contribution in [0.4, 0.5) is 0 Å². The Morgan fingerprint density at radius 1 is 0.654 bits per heavy atom. The monoisotopic (exact) mass is 757 g/mol. The summed E-state index contributed by atoms with van der Waals surface area (Å²) in [4.78, 5) is 25.2. The zero-order valence-electron chi connectivity index (χ0n) is 34.8. The minimum absolute atomic E-state index is 0.000717. The van der Waals surface area contributed by atoms with Gasteiger partial charge in [0.15, 0.2) is 0 Å². The van der Waals surface area contributed by atoms with Crippen molar-refractivity contribution in [3.05, 3.63) is 24.3 Å². The Balaban J connectivity index is 4.26. The number of hydrogen-bond donors (Lipinski definition) is 2. The summed E-state index contributed by atoms with van der Waals surface area (Å²) < 4.78 is 23.1. The van der Waals surface area contributed by atoms with Gasteiger partial charge in [-0.2, -0.15) is 0 Å². The molecule has 308 valence electrons. The lowest BCUT2D eigenvalue weighted by Crippen LogP contribution is -2.45. The SMILES string of the molecule is CCCCCCCCC/C=C/C(O)C(COP(=O)([O-])OCC[N+](C)(C)C)NC(=O)CCCCCCCCCCC/C=C\CCCCCCCCCC. The lowest BCUT2D eigenvalue weighted by atomic mass is 10.0. The molecule has 0 bridgehead atoms. The molecule has 0 aliphatic carbocycles. The maximum atomic E-state index is 12.8. The van der Waals surface area contributed by atoms with Crippen molar-refractivity contribution in [2.75, 3.05) is 40.9 Å². The standard InChI is InChI=1S/C43H85N2O6P/c1-6-8-10-12-14-16-17-18-19-20-21-22-23-24-25-26-27-29-31-33-35-37-43(47)44-41(40-51-52(48,49)50-39-38-45(3,4)5)42(46)36-34-32-30-28-15-13-11-9-7-2/h20-21,34,36,41-42,46H,6-19,22-33,35,37-40H2,1-5H3,(H-,44,47,48,49)/b21-20-,36-34+. The van der Waals surface area contributed by atoms with Gasteiger partial charge in [0.2, 0.25) is 5.91 Å². The molecular formula is C43H85N2O6P. The minimum Gasteiger partial charge on any atom is -0.756 e. The van der Waals surface area contributed by atoms with E-state index in [4.69, 9.17) is 9.05 Å². The second-order valence-electron chi connectivity index (χ2n) is 16.0. The number of allylic oxidation sites excluding steroid dienone is 3. The van der Waals surface area contributed by atoms with Crippen LogP contribution in [0, 0.1) is 0 Å². The second kappa shape index (κ2) is 35.7. The predicted octanol–water partition coefficient (Wildman–Crippen LogP) is 11.1. The Bertz CT molecular complexity index is 907. The molecule has 0 aliphatic rings. The molecule has 8 nitrogen and oxygen atoms in total. The van der Waals surface area contributed by atoms with Crippen LogP contribution in [-0.4, -0.2) is 68.5 Å². The molecule has 1 amide bonds. The van der Waals surface area contributed by atoms with Crippen LogP contribution in [-0.2, 0) is 18.4 Å². The molecule has 0 radical (unpaired) electrons. The van der Waals surface area contributed by atoms with E-state index in [-0.39, 0.29) is 19.1 Å². The average Bonchev–Trinajstić information content (AvgIpc) is 3.09. The summed E-state index contributed by atoms with van der Waals surface area (Å²) in [6.07, 6.45) is 40.9. The lowest BCUT2D eigenvalue weighted by molar-refractivity contribution is -0.870. The number of rotatable bonds is 39. The summed E-state index contributed by atoms with van der Waals surface area (Å²) in [5, 5.41) is 13.7. The highest BCUT2D eigenvalue weighted by atomic mass is 31.2. The number of likely N-dealkylation sites (N-methyl/N-ethyl adjacent to an activating group) is 1. The number of phosphoric ester groups is 1. The van der Waals surface area contributed by atoms with E-state index < -0.39 is 20.0 Å². The fourth-order valence-electron chi connectivity index (χ4n) is 6.15. The van der Waals surface area contributed by atoms with Gasteiger partial charge < -0.3 is 28.8 Å². The maximum absolute atomic E-state index is 12.8. The molecular weight excluding hydrogens is 671 g/mol. The number of aliphatic hydroxyl groups is 1. The van der Waals surface area contributed by atoms with Crippen LogP contribution in [0.5, 0.6) is 0 Å². The number of quaternary nitrogens is 1. The molecule has 0 aromatic rings. The molecule has 0 saturated carbocycles. The van der Waals surface area contributed by atoms with Crippen molar-refractivity contribution in [1.29, 1.82) is 0 Å². The van der Waals surface area contributed by atoms with Gasteiger partial charge in [0.25, 0.3) is 7.82 Å². The van der Waals surface area contributed by atoms with Crippen LogP contribution in [0.1, 0.15) is 194 Å². The first-order valence-corrected chi connectivity index (χ1v) is 23.2. The molecule has 0 heterocycles. The number of nitrogens with zero attached hydrogens (tertiary/aromatic N) is 1. The minimum atomic E-state index is -4.58.